The normalized spacial score (nSPS) is 25.4. The molecule has 2 N–H and O–H groups in total. The van der Waals surface area contributed by atoms with E-state index < -0.39 is 0 Å². The summed E-state index contributed by atoms with van der Waals surface area (Å²) in [7, 11) is 0. The third-order valence-electron chi connectivity index (χ3n) is 3.31. The van der Waals surface area contributed by atoms with Crippen molar-refractivity contribution < 1.29 is 4.74 Å². The Balaban J connectivity index is 2.02. The molecule has 0 heterocycles. The first kappa shape index (κ1) is 11.5. The van der Waals surface area contributed by atoms with E-state index in [2.05, 4.69) is 25.1 Å². The average Bonchev–Trinajstić information content (AvgIpc) is 2.30. The highest BCUT2D eigenvalue weighted by molar-refractivity contribution is 5.33. The Hall–Kier alpha value is -1.02. The third-order valence-corrected chi connectivity index (χ3v) is 3.31. The van der Waals surface area contributed by atoms with Gasteiger partial charge in [0.2, 0.25) is 0 Å². The minimum Gasteiger partial charge on any atom is -0.490 e. The summed E-state index contributed by atoms with van der Waals surface area (Å²) in [6.45, 7) is 2.16. The monoisotopic (exact) mass is 219 g/mol. The Morgan fingerprint density at radius 2 is 2.12 bits per heavy atom. The lowest BCUT2D eigenvalue weighted by molar-refractivity contribution is 0.143. The fourth-order valence-corrected chi connectivity index (χ4v) is 2.38. The fraction of sp³-hybridized carbons (Fsp3) is 0.571. The topological polar surface area (TPSA) is 35.2 Å². The van der Waals surface area contributed by atoms with Crippen molar-refractivity contribution in [1.82, 2.24) is 0 Å². The Labute approximate surface area is 97.8 Å². The Kier molecular flexibility index (Phi) is 3.83. The predicted octanol–water partition coefficient (Wildman–Crippen LogP) is 2.90. The van der Waals surface area contributed by atoms with E-state index in [0.29, 0.717) is 12.1 Å². The molecule has 1 saturated carbocycles. The van der Waals surface area contributed by atoms with Crippen LogP contribution in [0.1, 0.15) is 38.2 Å². The molecule has 2 nitrogen and oxygen atoms in total. The minimum absolute atomic E-state index is 0.316. The van der Waals surface area contributed by atoms with Crippen LogP contribution >= 0.6 is 0 Å². The van der Waals surface area contributed by atoms with Crippen LogP contribution < -0.4 is 10.5 Å². The van der Waals surface area contributed by atoms with Crippen LogP contribution in [-0.2, 0) is 6.42 Å². The third kappa shape index (κ3) is 2.76. The van der Waals surface area contributed by atoms with Crippen molar-refractivity contribution in [3.05, 3.63) is 29.8 Å². The molecule has 1 aromatic carbocycles. The highest BCUT2D eigenvalue weighted by Crippen LogP contribution is 2.25. The average molecular weight is 219 g/mol. The van der Waals surface area contributed by atoms with E-state index in [1.165, 1.54) is 12.0 Å². The largest absolute Gasteiger partial charge is 0.490 e. The number of para-hydroxylation sites is 1. The molecule has 0 spiro atoms. The van der Waals surface area contributed by atoms with E-state index in [1.54, 1.807) is 0 Å². The molecule has 2 unspecified atom stereocenters. The molecule has 1 aromatic rings. The lowest BCUT2D eigenvalue weighted by Crippen LogP contribution is -2.33. The van der Waals surface area contributed by atoms with Crippen LogP contribution in [0, 0.1) is 0 Å². The van der Waals surface area contributed by atoms with E-state index in [4.69, 9.17) is 10.5 Å². The van der Waals surface area contributed by atoms with Crippen LogP contribution in [0.4, 0.5) is 0 Å². The summed E-state index contributed by atoms with van der Waals surface area (Å²) in [4.78, 5) is 0. The molecule has 0 aliphatic heterocycles. The van der Waals surface area contributed by atoms with E-state index in [0.717, 1.165) is 31.4 Å². The van der Waals surface area contributed by atoms with Gasteiger partial charge in [-0.05, 0) is 43.7 Å². The summed E-state index contributed by atoms with van der Waals surface area (Å²) in [5.41, 5.74) is 7.26. The molecular weight excluding hydrogens is 198 g/mol. The van der Waals surface area contributed by atoms with Gasteiger partial charge in [-0.2, -0.15) is 0 Å². The second-order valence-corrected chi connectivity index (χ2v) is 4.63. The van der Waals surface area contributed by atoms with Gasteiger partial charge in [-0.3, -0.25) is 0 Å². The first-order valence-corrected chi connectivity index (χ1v) is 6.29. The van der Waals surface area contributed by atoms with Crippen molar-refractivity contribution in [3.63, 3.8) is 0 Å². The molecule has 0 bridgehead atoms. The van der Waals surface area contributed by atoms with Gasteiger partial charge in [-0.15, -0.1) is 0 Å². The number of ether oxygens (including phenoxy) is 1. The molecule has 2 heteroatoms. The van der Waals surface area contributed by atoms with Crippen LogP contribution in [0.15, 0.2) is 24.3 Å². The van der Waals surface area contributed by atoms with E-state index in [-0.39, 0.29) is 0 Å². The maximum Gasteiger partial charge on any atom is 0.122 e. The molecule has 2 rings (SSSR count). The zero-order valence-electron chi connectivity index (χ0n) is 9.99. The van der Waals surface area contributed by atoms with Crippen molar-refractivity contribution in [2.24, 2.45) is 5.73 Å². The van der Waals surface area contributed by atoms with E-state index in [9.17, 15) is 0 Å². The van der Waals surface area contributed by atoms with Crippen LogP contribution in [-0.4, -0.2) is 12.1 Å². The summed E-state index contributed by atoms with van der Waals surface area (Å²) in [5, 5.41) is 0. The van der Waals surface area contributed by atoms with Gasteiger partial charge in [0.1, 0.15) is 11.9 Å². The van der Waals surface area contributed by atoms with Gasteiger partial charge < -0.3 is 10.5 Å². The van der Waals surface area contributed by atoms with Gasteiger partial charge in [0, 0.05) is 6.04 Å². The molecule has 1 fully saturated rings. The van der Waals surface area contributed by atoms with Crippen LogP contribution in [0.3, 0.4) is 0 Å². The van der Waals surface area contributed by atoms with Gasteiger partial charge >= 0.3 is 0 Å². The summed E-state index contributed by atoms with van der Waals surface area (Å²) < 4.78 is 6.07. The number of benzene rings is 1. The molecule has 1 aliphatic carbocycles. The van der Waals surface area contributed by atoms with Crippen molar-refractivity contribution in [3.8, 4) is 5.75 Å². The zero-order chi connectivity index (χ0) is 11.4. The van der Waals surface area contributed by atoms with Crippen molar-refractivity contribution in [2.75, 3.05) is 0 Å². The van der Waals surface area contributed by atoms with Crippen molar-refractivity contribution >= 4 is 0 Å². The Morgan fingerprint density at radius 3 is 2.88 bits per heavy atom. The number of hydrogen-bond acceptors (Lipinski definition) is 2. The quantitative estimate of drug-likeness (QED) is 0.848. The smallest absolute Gasteiger partial charge is 0.122 e. The predicted molar refractivity (Wildman–Crippen MR) is 66.7 cm³/mol. The number of hydrogen-bond donors (Lipinski definition) is 1. The molecule has 0 saturated heterocycles. The van der Waals surface area contributed by atoms with Gasteiger partial charge in [-0.25, -0.2) is 0 Å². The van der Waals surface area contributed by atoms with Crippen LogP contribution in [0.2, 0.25) is 0 Å². The SMILES string of the molecule is CCc1ccccc1OC1CCCC(N)C1. The minimum atomic E-state index is 0.316. The van der Waals surface area contributed by atoms with Crippen molar-refractivity contribution in [2.45, 2.75) is 51.2 Å². The highest BCUT2D eigenvalue weighted by Gasteiger charge is 2.21. The number of aryl methyl sites for hydroxylation is 1. The van der Waals surface area contributed by atoms with Gasteiger partial charge in [0.25, 0.3) is 0 Å². The summed E-state index contributed by atoms with van der Waals surface area (Å²) in [6.07, 6.45) is 5.82. The molecule has 2 atom stereocenters. The second-order valence-electron chi connectivity index (χ2n) is 4.63. The van der Waals surface area contributed by atoms with E-state index in [1.807, 2.05) is 6.07 Å². The fourth-order valence-electron chi connectivity index (χ4n) is 2.38. The maximum atomic E-state index is 6.07. The molecule has 0 amide bonds. The summed E-state index contributed by atoms with van der Waals surface area (Å²) in [6, 6.07) is 8.64. The standard InChI is InChI=1S/C14H21NO/c1-2-11-6-3-4-9-14(11)16-13-8-5-7-12(15)10-13/h3-4,6,9,12-13H,2,5,7-8,10,15H2,1H3. The van der Waals surface area contributed by atoms with Gasteiger partial charge in [-0.1, -0.05) is 25.1 Å². The highest BCUT2D eigenvalue weighted by atomic mass is 16.5. The van der Waals surface area contributed by atoms with Gasteiger partial charge in [0.15, 0.2) is 0 Å². The molecule has 0 radical (unpaired) electrons. The zero-order valence-corrected chi connectivity index (χ0v) is 9.99. The molecular formula is C14H21NO. The molecule has 0 aromatic heterocycles. The van der Waals surface area contributed by atoms with Gasteiger partial charge in [0.05, 0.1) is 0 Å². The maximum absolute atomic E-state index is 6.07. The lowest BCUT2D eigenvalue weighted by atomic mass is 9.93. The summed E-state index contributed by atoms with van der Waals surface area (Å²) in [5.74, 6) is 1.05. The first-order valence-electron chi connectivity index (χ1n) is 6.29. The number of rotatable bonds is 3. The molecule has 16 heavy (non-hydrogen) atoms. The lowest BCUT2D eigenvalue weighted by Gasteiger charge is -2.28. The second kappa shape index (κ2) is 5.35. The van der Waals surface area contributed by atoms with E-state index >= 15 is 0 Å². The number of nitrogens with two attached hydrogens (primary N) is 1. The summed E-state index contributed by atoms with van der Waals surface area (Å²) >= 11 is 0. The molecule has 88 valence electrons. The van der Waals surface area contributed by atoms with Crippen LogP contribution in [0.5, 0.6) is 5.75 Å². The Bertz CT molecular complexity index is 337. The van der Waals surface area contributed by atoms with Crippen molar-refractivity contribution in [1.29, 1.82) is 0 Å². The van der Waals surface area contributed by atoms with Crippen LogP contribution in [0.25, 0.3) is 0 Å². The molecule has 1 aliphatic rings. The first-order chi connectivity index (χ1) is 7.79. The Morgan fingerprint density at radius 1 is 1.31 bits per heavy atom.